The smallest absolute Gasteiger partial charge is 0.130 e. The Balaban J connectivity index is 2.90. The molecule has 0 aliphatic carbocycles. The summed E-state index contributed by atoms with van der Waals surface area (Å²) in [6.45, 7) is 6.37. The van der Waals surface area contributed by atoms with Crippen LogP contribution < -0.4 is 5.32 Å². The van der Waals surface area contributed by atoms with E-state index < -0.39 is 0 Å². The topological polar surface area (TPSA) is 24.9 Å². The van der Waals surface area contributed by atoms with Gasteiger partial charge in [-0.2, -0.15) is 0 Å². The Bertz CT molecular complexity index is 645. The molecule has 0 aliphatic rings. The lowest BCUT2D eigenvalue weighted by Gasteiger charge is -2.23. The lowest BCUT2D eigenvalue weighted by atomic mass is 9.86. The number of rotatable bonds is 1. The van der Waals surface area contributed by atoms with E-state index in [0.717, 1.165) is 16.8 Å². The van der Waals surface area contributed by atoms with Crippen molar-refractivity contribution >= 4 is 51.5 Å². The highest BCUT2D eigenvalue weighted by Crippen LogP contribution is 2.39. The van der Waals surface area contributed by atoms with Gasteiger partial charge in [-0.1, -0.05) is 55.6 Å². The van der Waals surface area contributed by atoms with Crippen LogP contribution in [0, 0.1) is 0 Å². The molecule has 0 amide bonds. The van der Waals surface area contributed by atoms with Gasteiger partial charge in [-0.05, 0) is 17.5 Å². The number of pyridine rings is 1. The Hall–Kier alpha value is -0.700. The fraction of sp³-hybridized carbons (Fsp3) is 0.357. The molecule has 19 heavy (non-hydrogen) atoms. The van der Waals surface area contributed by atoms with Crippen molar-refractivity contribution < 1.29 is 0 Å². The number of aromatic nitrogens is 1. The van der Waals surface area contributed by atoms with Crippen molar-refractivity contribution in [1.82, 2.24) is 4.98 Å². The van der Waals surface area contributed by atoms with Crippen LogP contribution in [0.15, 0.2) is 12.1 Å². The molecule has 5 heteroatoms. The molecule has 0 unspecified atom stereocenters. The fourth-order valence-corrected chi connectivity index (χ4v) is 2.72. The molecule has 1 N–H and O–H groups in total. The minimum Gasteiger partial charge on any atom is -0.373 e. The molecule has 0 saturated carbocycles. The molecule has 0 radical (unpaired) electrons. The quantitative estimate of drug-likeness (QED) is 0.699. The highest BCUT2D eigenvalue weighted by molar-refractivity contribution is 6.47. The summed E-state index contributed by atoms with van der Waals surface area (Å²) in [4.78, 5) is 4.58. The Labute approximate surface area is 128 Å². The Morgan fingerprint density at radius 2 is 1.68 bits per heavy atom. The predicted molar refractivity (Wildman–Crippen MR) is 85.0 cm³/mol. The van der Waals surface area contributed by atoms with E-state index in [0.29, 0.717) is 20.6 Å². The van der Waals surface area contributed by atoms with Gasteiger partial charge in [0.2, 0.25) is 0 Å². The summed E-state index contributed by atoms with van der Waals surface area (Å²) >= 11 is 18.5. The molecular formula is C14H15Cl3N2. The molecule has 0 fully saturated rings. The van der Waals surface area contributed by atoms with E-state index in [1.807, 2.05) is 13.1 Å². The fourth-order valence-electron chi connectivity index (χ4n) is 2.00. The number of nitrogens with zero attached hydrogens (tertiary/aromatic N) is 1. The molecule has 1 aromatic heterocycles. The molecule has 1 heterocycles. The maximum atomic E-state index is 6.26. The summed E-state index contributed by atoms with van der Waals surface area (Å²) in [6.07, 6.45) is 0. The summed E-state index contributed by atoms with van der Waals surface area (Å²) in [7, 11) is 1.84. The van der Waals surface area contributed by atoms with E-state index in [1.165, 1.54) is 0 Å². The normalized spacial score (nSPS) is 11.9. The van der Waals surface area contributed by atoms with Crippen LogP contribution in [-0.2, 0) is 5.41 Å². The molecule has 2 nitrogen and oxygen atoms in total. The first kappa shape index (κ1) is 14.7. The third-order valence-electron chi connectivity index (χ3n) is 2.99. The molecule has 0 atom stereocenters. The van der Waals surface area contributed by atoms with Gasteiger partial charge in [-0.15, -0.1) is 0 Å². The second-order valence-corrected chi connectivity index (χ2v) is 6.63. The summed E-state index contributed by atoms with van der Waals surface area (Å²) in [5.74, 6) is 0.806. The second kappa shape index (κ2) is 5.01. The molecule has 0 saturated heterocycles. The van der Waals surface area contributed by atoms with Crippen LogP contribution in [0.2, 0.25) is 15.1 Å². The van der Waals surface area contributed by atoms with Crippen LogP contribution in [-0.4, -0.2) is 12.0 Å². The molecule has 102 valence electrons. The van der Waals surface area contributed by atoms with Crippen molar-refractivity contribution in [2.75, 3.05) is 12.4 Å². The first-order valence-electron chi connectivity index (χ1n) is 5.92. The Morgan fingerprint density at radius 3 is 2.21 bits per heavy atom. The monoisotopic (exact) mass is 316 g/mol. The number of nitrogens with one attached hydrogen (secondary N) is 1. The molecule has 0 spiro atoms. The Kier molecular flexibility index (Phi) is 3.87. The zero-order valence-electron chi connectivity index (χ0n) is 11.2. The highest BCUT2D eigenvalue weighted by Gasteiger charge is 2.21. The first-order chi connectivity index (χ1) is 8.75. The van der Waals surface area contributed by atoms with Crippen molar-refractivity contribution in [2.24, 2.45) is 0 Å². The van der Waals surface area contributed by atoms with Gasteiger partial charge in [-0.25, -0.2) is 4.98 Å². The van der Waals surface area contributed by atoms with Crippen LogP contribution in [0.5, 0.6) is 0 Å². The highest BCUT2D eigenvalue weighted by atomic mass is 35.5. The lowest BCUT2D eigenvalue weighted by molar-refractivity contribution is 0.591. The van der Waals surface area contributed by atoms with Gasteiger partial charge in [0.05, 0.1) is 20.6 Å². The summed E-state index contributed by atoms with van der Waals surface area (Å²) in [6, 6.07) is 3.63. The van der Waals surface area contributed by atoms with Crippen LogP contribution in [0.3, 0.4) is 0 Å². The molecule has 0 aliphatic heterocycles. The van der Waals surface area contributed by atoms with Gasteiger partial charge in [0.25, 0.3) is 0 Å². The summed E-state index contributed by atoms with van der Waals surface area (Å²) in [5, 5.41) is 5.32. The average molecular weight is 318 g/mol. The number of benzene rings is 1. The Morgan fingerprint density at radius 1 is 1.05 bits per heavy atom. The number of hydrogen-bond acceptors (Lipinski definition) is 2. The van der Waals surface area contributed by atoms with E-state index in [-0.39, 0.29) is 5.41 Å². The number of hydrogen-bond donors (Lipinski definition) is 1. The molecule has 0 bridgehead atoms. The van der Waals surface area contributed by atoms with Crippen molar-refractivity contribution in [2.45, 2.75) is 26.2 Å². The van der Waals surface area contributed by atoms with Gasteiger partial charge in [0.15, 0.2) is 0 Å². The van der Waals surface area contributed by atoms with Crippen LogP contribution >= 0.6 is 34.8 Å². The summed E-state index contributed by atoms with van der Waals surface area (Å²) < 4.78 is 0. The predicted octanol–water partition coefficient (Wildman–Crippen LogP) is 5.53. The third-order valence-corrected chi connectivity index (χ3v) is 4.08. The minimum absolute atomic E-state index is 0.0579. The van der Waals surface area contributed by atoms with Crippen LogP contribution in [0.1, 0.15) is 26.3 Å². The largest absolute Gasteiger partial charge is 0.373 e. The first-order valence-corrected chi connectivity index (χ1v) is 7.05. The van der Waals surface area contributed by atoms with E-state index in [2.05, 4.69) is 31.1 Å². The molecule has 1 aromatic carbocycles. The van der Waals surface area contributed by atoms with E-state index >= 15 is 0 Å². The number of fused-ring (bicyclic) bond motifs is 1. The minimum atomic E-state index is -0.0579. The van der Waals surface area contributed by atoms with Crippen molar-refractivity contribution in [3.63, 3.8) is 0 Å². The average Bonchev–Trinajstić information content (AvgIpc) is 2.33. The van der Waals surface area contributed by atoms with Crippen molar-refractivity contribution in [3.05, 3.63) is 32.8 Å². The number of anilines is 1. The van der Waals surface area contributed by atoms with E-state index in [4.69, 9.17) is 34.8 Å². The van der Waals surface area contributed by atoms with Gasteiger partial charge >= 0.3 is 0 Å². The van der Waals surface area contributed by atoms with Gasteiger partial charge in [-0.3, -0.25) is 0 Å². The zero-order chi connectivity index (χ0) is 14.4. The third kappa shape index (κ3) is 2.62. The van der Waals surface area contributed by atoms with Gasteiger partial charge in [0.1, 0.15) is 5.82 Å². The van der Waals surface area contributed by atoms with Crippen LogP contribution in [0.25, 0.3) is 10.9 Å². The van der Waals surface area contributed by atoms with Gasteiger partial charge < -0.3 is 5.32 Å². The van der Waals surface area contributed by atoms with E-state index in [1.54, 1.807) is 6.07 Å². The maximum Gasteiger partial charge on any atom is 0.130 e. The maximum absolute atomic E-state index is 6.26. The second-order valence-electron chi connectivity index (χ2n) is 5.43. The molecule has 2 rings (SSSR count). The van der Waals surface area contributed by atoms with Crippen molar-refractivity contribution in [3.8, 4) is 0 Å². The lowest BCUT2D eigenvalue weighted by Crippen LogP contribution is -2.15. The van der Waals surface area contributed by atoms with Crippen LogP contribution in [0.4, 0.5) is 5.82 Å². The summed E-state index contributed by atoms with van der Waals surface area (Å²) in [5.41, 5.74) is 1.67. The molecule has 2 aromatic rings. The van der Waals surface area contributed by atoms with E-state index in [9.17, 15) is 0 Å². The molecular weight excluding hydrogens is 303 g/mol. The zero-order valence-corrected chi connectivity index (χ0v) is 13.5. The SMILES string of the molecule is CNc1nc2c(Cl)cc(Cl)c(Cl)c2cc1C(C)(C)C. The standard InChI is InChI=1S/C14H15Cl3N2/c1-14(2,3)8-5-7-11(17)9(15)6-10(16)12(7)19-13(8)18-4/h5-6H,1-4H3,(H,18,19). The van der Waals surface area contributed by atoms with Crippen molar-refractivity contribution in [1.29, 1.82) is 0 Å². The van der Waals surface area contributed by atoms with Gasteiger partial charge in [0, 0.05) is 18.0 Å². The number of halogens is 3.